The van der Waals surface area contributed by atoms with Crippen molar-refractivity contribution in [2.75, 3.05) is 5.32 Å². The van der Waals surface area contributed by atoms with Crippen LogP contribution >= 0.6 is 0 Å². The monoisotopic (exact) mass is 365 g/mol. The topological polar surface area (TPSA) is 83.7 Å². The van der Waals surface area contributed by atoms with Crippen molar-refractivity contribution in [3.8, 4) is 0 Å². The summed E-state index contributed by atoms with van der Waals surface area (Å²) < 4.78 is 18.2. The molecule has 27 heavy (non-hydrogen) atoms. The van der Waals surface area contributed by atoms with E-state index < -0.39 is 11.7 Å². The van der Waals surface area contributed by atoms with Crippen molar-refractivity contribution in [3.05, 3.63) is 89.6 Å². The zero-order valence-electron chi connectivity index (χ0n) is 14.4. The van der Waals surface area contributed by atoms with Crippen LogP contribution in [0.1, 0.15) is 33.4 Å². The van der Waals surface area contributed by atoms with Gasteiger partial charge in [0.1, 0.15) is 5.82 Å². The molecule has 0 fully saturated rings. The summed E-state index contributed by atoms with van der Waals surface area (Å²) in [4.78, 5) is 23.9. The summed E-state index contributed by atoms with van der Waals surface area (Å²) >= 11 is 0. The van der Waals surface area contributed by atoms with Gasteiger partial charge in [0.25, 0.3) is 11.8 Å². The Kier molecular flexibility index (Phi) is 5.41. The maximum absolute atomic E-state index is 13.2. The van der Waals surface area contributed by atoms with Crippen molar-refractivity contribution in [3.63, 3.8) is 0 Å². The highest BCUT2D eigenvalue weighted by Crippen LogP contribution is 2.12. The molecule has 3 rings (SSSR count). The molecule has 0 aliphatic carbocycles. The van der Waals surface area contributed by atoms with Crippen LogP contribution in [0, 0.1) is 5.82 Å². The Labute approximate surface area is 154 Å². The number of rotatable bonds is 5. The summed E-state index contributed by atoms with van der Waals surface area (Å²) in [6.45, 7) is 1.72. The van der Waals surface area contributed by atoms with Gasteiger partial charge in [-0.15, -0.1) is 0 Å². The smallest absolute Gasteiger partial charge is 0.291 e. The number of hydrazone groups is 1. The third kappa shape index (κ3) is 4.66. The number of furan rings is 1. The lowest BCUT2D eigenvalue weighted by Gasteiger charge is -2.06. The van der Waals surface area contributed by atoms with Crippen LogP contribution in [0.3, 0.4) is 0 Å². The molecule has 2 aromatic carbocycles. The van der Waals surface area contributed by atoms with Crippen LogP contribution in [0.2, 0.25) is 0 Å². The Bertz CT molecular complexity index is 980. The zero-order valence-corrected chi connectivity index (χ0v) is 14.4. The predicted molar refractivity (Wildman–Crippen MR) is 99.2 cm³/mol. The summed E-state index contributed by atoms with van der Waals surface area (Å²) in [5, 5.41) is 6.73. The Morgan fingerprint density at radius 2 is 1.74 bits per heavy atom. The van der Waals surface area contributed by atoms with Gasteiger partial charge in [-0.1, -0.05) is 18.2 Å². The number of benzene rings is 2. The van der Waals surface area contributed by atoms with Gasteiger partial charge >= 0.3 is 0 Å². The number of amides is 2. The van der Waals surface area contributed by atoms with E-state index in [1.165, 1.54) is 24.5 Å². The Morgan fingerprint density at radius 3 is 2.41 bits per heavy atom. The molecule has 0 spiro atoms. The van der Waals surface area contributed by atoms with E-state index in [1.807, 2.05) is 0 Å². The van der Waals surface area contributed by atoms with E-state index in [0.29, 0.717) is 11.4 Å². The second kappa shape index (κ2) is 8.09. The molecular formula is C20H16FN3O3. The zero-order chi connectivity index (χ0) is 19.2. The second-order valence-electron chi connectivity index (χ2n) is 5.66. The highest BCUT2D eigenvalue weighted by molar-refractivity contribution is 6.03. The SMILES string of the molecule is C/C(=N/NC(=O)c1cccc(F)c1)c1ccc(NC(=O)c2ccco2)cc1. The molecule has 1 heterocycles. The molecule has 7 heteroatoms. The minimum absolute atomic E-state index is 0.183. The minimum Gasteiger partial charge on any atom is -0.459 e. The van der Waals surface area contributed by atoms with Gasteiger partial charge in [0.2, 0.25) is 0 Å². The molecule has 3 aromatic rings. The molecule has 0 bridgehead atoms. The highest BCUT2D eigenvalue weighted by atomic mass is 19.1. The number of nitrogens with zero attached hydrogens (tertiary/aromatic N) is 1. The van der Waals surface area contributed by atoms with Crippen molar-refractivity contribution in [2.24, 2.45) is 5.10 Å². The predicted octanol–water partition coefficient (Wildman–Crippen LogP) is 3.83. The van der Waals surface area contributed by atoms with Crippen LogP contribution in [-0.2, 0) is 0 Å². The summed E-state index contributed by atoms with van der Waals surface area (Å²) in [6.07, 6.45) is 1.43. The summed E-state index contributed by atoms with van der Waals surface area (Å²) in [6, 6.07) is 15.5. The quantitative estimate of drug-likeness (QED) is 0.532. The van der Waals surface area contributed by atoms with E-state index in [9.17, 15) is 14.0 Å². The first-order valence-corrected chi connectivity index (χ1v) is 8.08. The third-order valence-corrected chi connectivity index (χ3v) is 3.72. The molecule has 0 unspecified atom stereocenters. The van der Waals surface area contributed by atoms with Crippen molar-refractivity contribution in [2.45, 2.75) is 6.92 Å². The van der Waals surface area contributed by atoms with E-state index >= 15 is 0 Å². The normalized spacial score (nSPS) is 11.1. The first-order valence-electron chi connectivity index (χ1n) is 8.08. The number of hydrogen-bond acceptors (Lipinski definition) is 4. The summed E-state index contributed by atoms with van der Waals surface area (Å²) in [5.74, 6) is -1.12. The van der Waals surface area contributed by atoms with Crippen LogP contribution in [-0.4, -0.2) is 17.5 Å². The number of hydrogen-bond donors (Lipinski definition) is 2. The van der Waals surface area contributed by atoms with Crippen LogP contribution in [0.4, 0.5) is 10.1 Å². The molecule has 6 nitrogen and oxygen atoms in total. The fourth-order valence-corrected chi connectivity index (χ4v) is 2.29. The van der Waals surface area contributed by atoms with Gasteiger partial charge in [0.15, 0.2) is 5.76 Å². The van der Waals surface area contributed by atoms with Gasteiger partial charge in [0, 0.05) is 11.3 Å². The number of nitrogens with one attached hydrogen (secondary N) is 2. The second-order valence-corrected chi connectivity index (χ2v) is 5.66. The van der Waals surface area contributed by atoms with Gasteiger partial charge in [-0.25, -0.2) is 9.82 Å². The third-order valence-electron chi connectivity index (χ3n) is 3.72. The number of carbonyl (C=O) groups is 2. The van der Waals surface area contributed by atoms with Crippen molar-refractivity contribution < 1.29 is 18.4 Å². The average Bonchev–Trinajstić information content (AvgIpc) is 3.21. The lowest BCUT2D eigenvalue weighted by atomic mass is 10.1. The highest BCUT2D eigenvalue weighted by Gasteiger charge is 2.09. The van der Waals surface area contributed by atoms with E-state index in [1.54, 1.807) is 43.3 Å². The van der Waals surface area contributed by atoms with Gasteiger partial charge in [-0.05, 0) is 55.0 Å². The van der Waals surface area contributed by atoms with Gasteiger partial charge in [-0.2, -0.15) is 5.10 Å². The fourth-order valence-electron chi connectivity index (χ4n) is 2.29. The molecular weight excluding hydrogens is 349 g/mol. The molecule has 0 aliphatic heterocycles. The molecule has 0 saturated heterocycles. The van der Waals surface area contributed by atoms with Crippen molar-refractivity contribution in [1.82, 2.24) is 5.43 Å². The summed E-state index contributed by atoms with van der Waals surface area (Å²) in [5.41, 5.74) is 4.48. The molecule has 2 N–H and O–H groups in total. The number of anilines is 1. The molecule has 2 amide bonds. The van der Waals surface area contributed by atoms with Crippen LogP contribution in [0.15, 0.2) is 76.4 Å². The Morgan fingerprint density at radius 1 is 0.963 bits per heavy atom. The van der Waals surface area contributed by atoms with Gasteiger partial charge in [-0.3, -0.25) is 9.59 Å². The van der Waals surface area contributed by atoms with E-state index in [4.69, 9.17) is 4.42 Å². The maximum atomic E-state index is 13.2. The number of halogens is 1. The fraction of sp³-hybridized carbons (Fsp3) is 0.0500. The van der Waals surface area contributed by atoms with Crippen LogP contribution in [0.5, 0.6) is 0 Å². The largest absolute Gasteiger partial charge is 0.459 e. The van der Waals surface area contributed by atoms with Crippen molar-refractivity contribution in [1.29, 1.82) is 0 Å². The molecule has 0 atom stereocenters. The van der Waals surface area contributed by atoms with Gasteiger partial charge in [0.05, 0.1) is 12.0 Å². The van der Waals surface area contributed by atoms with Gasteiger partial charge < -0.3 is 9.73 Å². The lowest BCUT2D eigenvalue weighted by molar-refractivity contribution is 0.0953. The number of carbonyl (C=O) groups excluding carboxylic acids is 2. The Balaban J connectivity index is 1.63. The maximum Gasteiger partial charge on any atom is 0.291 e. The Hall–Kier alpha value is -3.74. The molecule has 1 aromatic heterocycles. The first-order chi connectivity index (χ1) is 13.0. The van der Waals surface area contributed by atoms with Crippen molar-refractivity contribution >= 4 is 23.2 Å². The minimum atomic E-state index is -0.504. The van der Waals surface area contributed by atoms with E-state index in [-0.39, 0.29) is 17.2 Å². The standard InChI is InChI=1S/C20H16FN3O3/c1-13(23-24-19(25)15-4-2-5-16(21)12-15)14-7-9-17(10-8-14)22-20(26)18-6-3-11-27-18/h2-12H,1H3,(H,22,26)(H,24,25)/b23-13-. The average molecular weight is 365 g/mol. The molecule has 0 aliphatic rings. The van der Waals surface area contributed by atoms with Crippen LogP contribution in [0.25, 0.3) is 0 Å². The summed E-state index contributed by atoms with van der Waals surface area (Å²) in [7, 11) is 0. The van der Waals surface area contributed by atoms with E-state index in [2.05, 4.69) is 15.8 Å². The first kappa shape index (κ1) is 18.1. The van der Waals surface area contributed by atoms with Crippen LogP contribution < -0.4 is 10.7 Å². The lowest BCUT2D eigenvalue weighted by Crippen LogP contribution is -2.19. The molecule has 0 saturated carbocycles. The molecule has 136 valence electrons. The molecule has 0 radical (unpaired) electrons. The van der Waals surface area contributed by atoms with E-state index in [0.717, 1.165) is 11.6 Å².